The van der Waals surface area contributed by atoms with Crippen molar-refractivity contribution in [2.24, 2.45) is 10.8 Å². The van der Waals surface area contributed by atoms with Crippen LogP contribution in [0.2, 0.25) is 5.02 Å². The number of guanidine groups is 1. The van der Waals surface area contributed by atoms with Crippen LogP contribution in [0.4, 0.5) is 0 Å². The largest absolute Gasteiger partial charge is 0.349 e. The van der Waals surface area contributed by atoms with Gasteiger partial charge in [-0.25, -0.2) is 5.84 Å². The fourth-order valence-corrected chi connectivity index (χ4v) is 1.55. The van der Waals surface area contributed by atoms with Crippen molar-refractivity contribution in [2.75, 3.05) is 6.54 Å². The highest BCUT2D eigenvalue weighted by atomic mass is 35.5. The molecule has 0 saturated carbocycles. The quantitative estimate of drug-likeness (QED) is 0.327. The van der Waals surface area contributed by atoms with Crippen molar-refractivity contribution in [1.29, 1.82) is 0 Å². The zero-order valence-corrected chi connectivity index (χ0v) is 10.3. The Hall–Kier alpha value is -1.26. The van der Waals surface area contributed by atoms with Crippen molar-refractivity contribution >= 4 is 17.6 Å². The number of benzene rings is 1. The van der Waals surface area contributed by atoms with Gasteiger partial charge in [0.15, 0.2) is 0 Å². The van der Waals surface area contributed by atoms with Gasteiger partial charge in [0, 0.05) is 11.6 Å². The van der Waals surface area contributed by atoms with Crippen molar-refractivity contribution < 1.29 is 0 Å². The van der Waals surface area contributed by atoms with Crippen LogP contribution in [0, 0.1) is 0 Å². The zero-order chi connectivity index (χ0) is 12.0. The molecule has 1 aromatic carbocycles. The van der Waals surface area contributed by atoms with Crippen LogP contribution in [0.3, 0.4) is 0 Å². The number of hydrazine groups is 1. The fraction of sp³-hybridized carbons (Fsp3) is 0.364. The minimum atomic E-state index is 0.0973. The van der Waals surface area contributed by atoms with Crippen LogP contribution >= 0.6 is 11.6 Å². The lowest BCUT2D eigenvalue weighted by Gasteiger charge is -2.16. The number of hydrogen-bond donors (Lipinski definition) is 3. The van der Waals surface area contributed by atoms with E-state index < -0.39 is 0 Å². The van der Waals surface area contributed by atoms with Crippen molar-refractivity contribution in [3.05, 3.63) is 34.9 Å². The first-order chi connectivity index (χ1) is 7.67. The van der Waals surface area contributed by atoms with E-state index in [0.717, 1.165) is 10.6 Å². The van der Waals surface area contributed by atoms with Crippen molar-refractivity contribution in [1.82, 2.24) is 10.7 Å². The summed E-state index contributed by atoms with van der Waals surface area (Å²) in [5.41, 5.74) is 3.61. The molecule has 88 valence electrons. The van der Waals surface area contributed by atoms with E-state index in [2.05, 4.69) is 15.7 Å². The third-order valence-electron chi connectivity index (χ3n) is 2.15. The standard InChI is InChI=1S/C11H17ClN4/c1-3-14-11(16-13)15-8(2)9-5-4-6-10(12)7-9/h4-8H,3,13H2,1-2H3,(H2,14,15,16). The molecule has 0 amide bonds. The highest BCUT2D eigenvalue weighted by molar-refractivity contribution is 6.30. The van der Waals surface area contributed by atoms with Crippen LogP contribution in [0.15, 0.2) is 29.3 Å². The Bertz CT molecular complexity index is 365. The Balaban J connectivity index is 2.71. The lowest BCUT2D eigenvalue weighted by Crippen LogP contribution is -2.42. The average Bonchev–Trinajstić information content (AvgIpc) is 2.28. The van der Waals surface area contributed by atoms with Crippen LogP contribution in [0.5, 0.6) is 0 Å². The highest BCUT2D eigenvalue weighted by Crippen LogP contribution is 2.16. The maximum atomic E-state index is 5.92. The molecule has 4 N–H and O–H groups in total. The first-order valence-electron chi connectivity index (χ1n) is 5.20. The molecule has 1 atom stereocenters. The van der Waals surface area contributed by atoms with Crippen LogP contribution in [0.1, 0.15) is 25.5 Å². The molecule has 1 unspecified atom stereocenters. The third-order valence-corrected chi connectivity index (χ3v) is 2.39. The van der Waals surface area contributed by atoms with Gasteiger partial charge in [-0.3, -0.25) is 10.4 Å². The summed E-state index contributed by atoms with van der Waals surface area (Å²) >= 11 is 5.92. The second kappa shape index (κ2) is 6.35. The number of nitrogens with one attached hydrogen (secondary N) is 2. The number of rotatable bonds is 3. The van der Waals surface area contributed by atoms with Gasteiger partial charge < -0.3 is 5.32 Å². The average molecular weight is 241 g/mol. The van der Waals surface area contributed by atoms with Gasteiger partial charge in [0.2, 0.25) is 5.96 Å². The SMILES string of the molecule is CCN=C(NN)NC(C)c1cccc(Cl)c1. The molecule has 0 aliphatic rings. The molecule has 0 radical (unpaired) electrons. The van der Waals surface area contributed by atoms with E-state index in [0.29, 0.717) is 12.5 Å². The van der Waals surface area contributed by atoms with E-state index in [1.807, 2.05) is 38.1 Å². The smallest absolute Gasteiger partial charge is 0.206 e. The molecule has 0 aromatic heterocycles. The van der Waals surface area contributed by atoms with Gasteiger partial charge in [-0.05, 0) is 31.5 Å². The second-order valence-corrected chi connectivity index (χ2v) is 3.82. The molecule has 1 aromatic rings. The van der Waals surface area contributed by atoms with E-state index in [9.17, 15) is 0 Å². The molecule has 0 spiro atoms. The predicted molar refractivity (Wildman–Crippen MR) is 68.3 cm³/mol. The molecular formula is C11H17ClN4. The van der Waals surface area contributed by atoms with Gasteiger partial charge in [0.25, 0.3) is 0 Å². The molecule has 16 heavy (non-hydrogen) atoms. The molecule has 1 rings (SSSR count). The minimum absolute atomic E-state index is 0.0973. The highest BCUT2D eigenvalue weighted by Gasteiger charge is 2.07. The Morgan fingerprint density at radius 2 is 2.31 bits per heavy atom. The summed E-state index contributed by atoms with van der Waals surface area (Å²) in [5, 5.41) is 3.89. The monoisotopic (exact) mass is 240 g/mol. The summed E-state index contributed by atoms with van der Waals surface area (Å²) in [6.07, 6.45) is 0. The molecule has 0 aliphatic carbocycles. The Kier molecular flexibility index (Phi) is 5.08. The van der Waals surface area contributed by atoms with Crippen molar-refractivity contribution in [3.63, 3.8) is 0 Å². The molecule has 4 nitrogen and oxygen atoms in total. The van der Waals surface area contributed by atoms with Crippen LogP contribution < -0.4 is 16.6 Å². The van der Waals surface area contributed by atoms with Crippen LogP contribution in [0.25, 0.3) is 0 Å². The Morgan fingerprint density at radius 1 is 1.56 bits per heavy atom. The van der Waals surface area contributed by atoms with Crippen LogP contribution in [-0.2, 0) is 0 Å². The summed E-state index contributed by atoms with van der Waals surface area (Å²) in [4.78, 5) is 4.17. The maximum Gasteiger partial charge on any atom is 0.206 e. The molecule has 0 bridgehead atoms. The van der Waals surface area contributed by atoms with Gasteiger partial charge in [-0.2, -0.15) is 0 Å². The molecular weight excluding hydrogens is 224 g/mol. The predicted octanol–water partition coefficient (Wildman–Crippen LogP) is 1.83. The van der Waals surface area contributed by atoms with Gasteiger partial charge in [-0.15, -0.1) is 0 Å². The molecule has 0 aliphatic heterocycles. The van der Waals surface area contributed by atoms with E-state index >= 15 is 0 Å². The first kappa shape index (κ1) is 12.8. The lowest BCUT2D eigenvalue weighted by atomic mass is 10.1. The second-order valence-electron chi connectivity index (χ2n) is 3.39. The topological polar surface area (TPSA) is 62.4 Å². The van der Waals surface area contributed by atoms with Crippen molar-refractivity contribution in [3.8, 4) is 0 Å². The van der Waals surface area contributed by atoms with Gasteiger partial charge >= 0.3 is 0 Å². The Morgan fingerprint density at radius 3 is 2.88 bits per heavy atom. The number of halogens is 1. The van der Waals surface area contributed by atoms with Crippen LogP contribution in [-0.4, -0.2) is 12.5 Å². The van der Waals surface area contributed by atoms with Gasteiger partial charge in [0.05, 0.1) is 6.04 Å². The normalized spacial score (nSPS) is 13.4. The molecule has 0 fully saturated rings. The summed E-state index contributed by atoms with van der Waals surface area (Å²) in [6.45, 7) is 4.64. The Labute approximate surface area is 101 Å². The number of nitrogens with zero attached hydrogens (tertiary/aromatic N) is 1. The summed E-state index contributed by atoms with van der Waals surface area (Å²) in [5.74, 6) is 5.92. The van der Waals surface area contributed by atoms with E-state index in [4.69, 9.17) is 17.4 Å². The summed E-state index contributed by atoms with van der Waals surface area (Å²) in [6, 6.07) is 7.78. The van der Waals surface area contributed by atoms with E-state index in [1.165, 1.54) is 0 Å². The van der Waals surface area contributed by atoms with Gasteiger partial charge in [0.1, 0.15) is 0 Å². The molecule has 0 heterocycles. The lowest BCUT2D eigenvalue weighted by molar-refractivity contribution is 0.689. The van der Waals surface area contributed by atoms with E-state index in [1.54, 1.807) is 0 Å². The molecule has 0 saturated heterocycles. The zero-order valence-electron chi connectivity index (χ0n) is 9.50. The number of aliphatic imine (C=N–C) groups is 1. The van der Waals surface area contributed by atoms with Crippen molar-refractivity contribution in [2.45, 2.75) is 19.9 Å². The summed E-state index contributed by atoms with van der Waals surface area (Å²) < 4.78 is 0. The minimum Gasteiger partial charge on any atom is -0.349 e. The first-order valence-corrected chi connectivity index (χ1v) is 5.58. The van der Waals surface area contributed by atoms with Gasteiger partial charge in [-0.1, -0.05) is 23.7 Å². The third kappa shape index (κ3) is 3.72. The van der Waals surface area contributed by atoms with E-state index in [-0.39, 0.29) is 6.04 Å². The summed E-state index contributed by atoms with van der Waals surface area (Å²) in [7, 11) is 0. The molecule has 5 heteroatoms. The maximum absolute atomic E-state index is 5.92. The number of hydrogen-bond acceptors (Lipinski definition) is 2. The number of nitrogens with two attached hydrogens (primary N) is 1. The fourth-order valence-electron chi connectivity index (χ4n) is 1.36.